The molecule has 0 bridgehead atoms. The van der Waals surface area contributed by atoms with Gasteiger partial charge in [0.25, 0.3) is 21.9 Å². The van der Waals surface area contributed by atoms with E-state index in [4.69, 9.17) is 14.2 Å². The summed E-state index contributed by atoms with van der Waals surface area (Å²) in [6.45, 7) is 3.24. The van der Waals surface area contributed by atoms with Gasteiger partial charge in [0.05, 0.1) is 62.2 Å². The van der Waals surface area contributed by atoms with Crippen LogP contribution in [0.15, 0.2) is 95.1 Å². The molecule has 1 aliphatic heterocycles. The van der Waals surface area contributed by atoms with Gasteiger partial charge >= 0.3 is 5.97 Å². The number of aromatic amines is 1. The molecule has 0 saturated heterocycles. The van der Waals surface area contributed by atoms with Crippen LogP contribution in [0, 0.1) is 0 Å². The third kappa shape index (κ3) is 14.1. The van der Waals surface area contributed by atoms with Gasteiger partial charge in [0.1, 0.15) is 22.6 Å². The molecule has 21 heteroatoms. The van der Waals surface area contributed by atoms with Crippen molar-refractivity contribution in [1.82, 2.24) is 30.1 Å². The lowest BCUT2D eigenvalue weighted by atomic mass is 10.1. The number of aliphatic carboxylic acids is 1. The van der Waals surface area contributed by atoms with Crippen molar-refractivity contribution in [1.29, 1.82) is 0 Å². The van der Waals surface area contributed by atoms with Crippen molar-refractivity contribution >= 4 is 62.6 Å². The maximum Gasteiger partial charge on any atom is 0.305 e. The zero-order chi connectivity index (χ0) is 46.2. The second-order valence-electron chi connectivity index (χ2n) is 14.9. The minimum atomic E-state index is -4.41. The van der Waals surface area contributed by atoms with E-state index in [-0.39, 0.29) is 41.3 Å². The van der Waals surface area contributed by atoms with Crippen LogP contribution in [0.25, 0.3) is 11.0 Å². The minimum absolute atomic E-state index is 0.185. The van der Waals surface area contributed by atoms with Crippen LogP contribution in [-0.4, -0.2) is 139 Å². The average Bonchev–Trinajstić information content (AvgIpc) is 3.65. The summed E-state index contributed by atoms with van der Waals surface area (Å²) in [5, 5.41) is 19.4. The SMILES string of the molecule is CN(Cc1nc2ccccc2[nH]1)C(=O)c1ccc2c(c1)CN(CCCOCCOCCOCCCNC(=O)c1ccc(N/N=C/c3ccccc3S(=O)(=O)O)nc1)C(=O)C(CC(=O)O)N2. The molecule has 5 aromatic rings. The number of hydrazone groups is 1. The predicted molar refractivity (Wildman–Crippen MR) is 239 cm³/mol. The number of nitrogens with one attached hydrogen (secondary N) is 4. The van der Waals surface area contributed by atoms with Crippen LogP contribution in [0.2, 0.25) is 0 Å². The van der Waals surface area contributed by atoms with Gasteiger partial charge in [-0.05, 0) is 66.9 Å². The predicted octanol–water partition coefficient (Wildman–Crippen LogP) is 3.78. The molecule has 0 spiro atoms. The van der Waals surface area contributed by atoms with Gasteiger partial charge in [0, 0.05) is 62.9 Å². The number of rotatable bonds is 24. The summed E-state index contributed by atoms with van der Waals surface area (Å²) >= 11 is 0. The molecule has 0 aliphatic carbocycles. The fourth-order valence-corrected chi connectivity index (χ4v) is 7.48. The van der Waals surface area contributed by atoms with Crippen molar-refractivity contribution in [3.05, 3.63) is 113 Å². The Morgan fingerprint density at radius 1 is 0.938 bits per heavy atom. The van der Waals surface area contributed by atoms with Crippen molar-refractivity contribution < 1.29 is 51.5 Å². The fourth-order valence-electron chi connectivity index (χ4n) is 6.81. The Kier molecular flexibility index (Phi) is 17.1. The molecule has 65 heavy (non-hydrogen) atoms. The number of carbonyl (C=O) groups is 4. The van der Waals surface area contributed by atoms with Crippen molar-refractivity contribution in [3.63, 3.8) is 0 Å². The largest absolute Gasteiger partial charge is 0.481 e. The number of carboxylic acids is 1. The highest BCUT2D eigenvalue weighted by atomic mass is 32.2. The molecule has 2 aromatic heterocycles. The number of anilines is 2. The lowest BCUT2D eigenvalue weighted by Crippen LogP contribution is -2.42. The number of carbonyl (C=O) groups excluding carboxylic acids is 3. The van der Waals surface area contributed by atoms with E-state index in [1.807, 2.05) is 24.3 Å². The summed E-state index contributed by atoms with van der Waals surface area (Å²) in [6.07, 6.45) is 3.26. The third-order valence-corrected chi connectivity index (χ3v) is 10.9. The molecule has 0 radical (unpaired) electrons. The number of pyridine rings is 1. The van der Waals surface area contributed by atoms with E-state index >= 15 is 0 Å². The van der Waals surface area contributed by atoms with Gasteiger partial charge in [-0.15, -0.1) is 0 Å². The molecule has 6 N–H and O–H groups in total. The number of ether oxygens (including phenoxy) is 3. The molecule has 3 heterocycles. The number of hydrogen-bond acceptors (Lipinski definition) is 14. The van der Waals surface area contributed by atoms with Crippen LogP contribution in [0.5, 0.6) is 0 Å². The number of H-pyrrole nitrogens is 1. The van der Waals surface area contributed by atoms with Gasteiger partial charge in [-0.2, -0.15) is 13.5 Å². The summed E-state index contributed by atoms with van der Waals surface area (Å²) in [4.78, 5) is 65.9. The Morgan fingerprint density at radius 2 is 1.65 bits per heavy atom. The van der Waals surface area contributed by atoms with E-state index in [0.29, 0.717) is 99.6 Å². The standard InChI is InChI=1S/C44H51N9O11S/c1-52(29-40-49-35-9-3-4-10-36(35)50-40)43(57)30-12-14-34-33(24-30)28-53(44(58)37(48-34)25-41(54)55)17-7-19-63-21-23-64-22-20-62-18-6-16-45-42(56)32-13-15-39(46-26-32)51-47-27-31-8-2-5-11-38(31)65(59,60)61/h2-5,8-15,24,26-27,37,48H,6-7,16-23,25,28-29H2,1H3,(H,45,56)(H,46,51)(H,49,50)(H,54,55)(H,59,60,61)/b47-27+. The summed E-state index contributed by atoms with van der Waals surface area (Å²) in [6, 6.07) is 20.7. The van der Waals surface area contributed by atoms with Crippen LogP contribution in [0.1, 0.15) is 56.9 Å². The number of amides is 3. The summed E-state index contributed by atoms with van der Waals surface area (Å²) in [5.41, 5.74) is 6.57. The quantitative estimate of drug-likeness (QED) is 0.0223. The maximum absolute atomic E-state index is 13.5. The van der Waals surface area contributed by atoms with Crippen LogP contribution in [-0.2, 0) is 47.0 Å². The fraction of sp³-hybridized carbons (Fsp3) is 0.341. The zero-order valence-electron chi connectivity index (χ0n) is 35.6. The molecule has 20 nitrogen and oxygen atoms in total. The molecule has 6 rings (SSSR count). The minimum Gasteiger partial charge on any atom is -0.481 e. The molecule has 1 unspecified atom stereocenters. The first-order chi connectivity index (χ1) is 31.4. The highest BCUT2D eigenvalue weighted by Gasteiger charge is 2.31. The number of carboxylic acid groups (broad SMARTS) is 1. The van der Waals surface area contributed by atoms with E-state index in [0.717, 1.165) is 11.0 Å². The summed E-state index contributed by atoms with van der Waals surface area (Å²) in [7, 11) is -2.72. The number of imidazole rings is 1. The number of para-hydroxylation sites is 2. The molecule has 3 aromatic carbocycles. The van der Waals surface area contributed by atoms with Crippen LogP contribution in [0.3, 0.4) is 0 Å². The van der Waals surface area contributed by atoms with Gasteiger partial charge in [0.15, 0.2) is 0 Å². The Balaban J connectivity index is 0.832. The van der Waals surface area contributed by atoms with Crippen molar-refractivity contribution in [2.75, 3.05) is 70.5 Å². The number of hydrogen-bond donors (Lipinski definition) is 6. The number of benzene rings is 3. The highest BCUT2D eigenvalue weighted by molar-refractivity contribution is 7.86. The topological polar surface area (TPSA) is 267 Å². The van der Waals surface area contributed by atoms with Crippen LogP contribution < -0.4 is 16.1 Å². The summed E-state index contributed by atoms with van der Waals surface area (Å²) < 4.78 is 49.3. The van der Waals surface area contributed by atoms with E-state index in [9.17, 15) is 37.3 Å². The molecule has 344 valence electrons. The summed E-state index contributed by atoms with van der Waals surface area (Å²) in [5.74, 6) is -1.04. The number of nitrogens with zero attached hydrogens (tertiary/aromatic N) is 5. The number of aromatic nitrogens is 3. The molecular weight excluding hydrogens is 863 g/mol. The lowest BCUT2D eigenvalue weighted by Gasteiger charge is -2.24. The molecule has 0 saturated carbocycles. The van der Waals surface area contributed by atoms with E-state index in [1.54, 1.807) is 53.2 Å². The Hall–Kier alpha value is -6.78. The second-order valence-corrected chi connectivity index (χ2v) is 16.3. The van der Waals surface area contributed by atoms with Gasteiger partial charge in [-0.1, -0.05) is 30.3 Å². The van der Waals surface area contributed by atoms with E-state index < -0.39 is 28.6 Å². The first-order valence-corrected chi connectivity index (χ1v) is 22.2. The number of fused-ring (bicyclic) bond motifs is 2. The van der Waals surface area contributed by atoms with Crippen molar-refractivity contribution in [2.24, 2.45) is 5.10 Å². The first-order valence-electron chi connectivity index (χ1n) is 20.8. The van der Waals surface area contributed by atoms with Gasteiger partial charge in [-0.25, -0.2) is 9.97 Å². The molecular formula is C44H51N9O11S. The third-order valence-electron chi connectivity index (χ3n) is 10.0. The van der Waals surface area contributed by atoms with E-state index in [2.05, 4.69) is 36.1 Å². The maximum atomic E-state index is 13.5. The van der Waals surface area contributed by atoms with Crippen LogP contribution in [0.4, 0.5) is 11.5 Å². The normalized spacial score (nSPS) is 13.9. The molecule has 1 atom stereocenters. The lowest BCUT2D eigenvalue weighted by molar-refractivity contribution is -0.141. The Labute approximate surface area is 375 Å². The van der Waals surface area contributed by atoms with Crippen LogP contribution >= 0.6 is 0 Å². The Bertz CT molecular complexity index is 2540. The smallest absolute Gasteiger partial charge is 0.305 e. The van der Waals surface area contributed by atoms with Gasteiger partial charge < -0.3 is 44.7 Å². The van der Waals surface area contributed by atoms with E-state index in [1.165, 1.54) is 30.6 Å². The molecule has 1 aliphatic rings. The van der Waals surface area contributed by atoms with Crippen molar-refractivity contribution in [3.8, 4) is 0 Å². The van der Waals surface area contributed by atoms with Crippen molar-refractivity contribution in [2.45, 2.75) is 43.3 Å². The molecule has 3 amide bonds. The molecule has 0 fully saturated rings. The first kappa shape index (κ1) is 47.7. The average molecular weight is 914 g/mol. The highest BCUT2D eigenvalue weighted by Crippen LogP contribution is 2.27. The second kappa shape index (κ2) is 23.2. The monoisotopic (exact) mass is 913 g/mol. The Morgan fingerprint density at radius 3 is 2.37 bits per heavy atom. The van der Waals surface area contributed by atoms with Gasteiger partial charge in [-0.3, -0.25) is 29.2 Å². The zero-order valence-corrected chi connectivity index (χ0v) is 36.5. The van der Waals surface area contributed by atoms with Gasteiger partial charge in [0.2, 0.25) is 5.91 Å².